The van der Waals surface area contributed by atoms with Crippen molar-refractivity contribution in [2.75, 3.05) is 62.3 Å². The van der Waals surface area contributed by atoms with Crippen LogP contribution in [0.25, 0.3) is 16.7 Å². The highest BCUT2D eigenvalue weighted by molar-refractivity contribution is 7.66. The minimum Gasteiger partial charge on any atom is -0.456 e. The molecule has 8 atom stereocenters. The summed E-state index contributed by atoms with van der Waals surface area (Å²) in [4.78, 5) is 92.7. The maximum atomic E-state index is 14.7. The molecule has 0 saturated carbocycles. The second-order valence-electron chi connectivity index (χ2n) is 24.0. The molecule has 4 aliphatic heterocycles. The minimum atomic E-state index is -5.85. The predicted octanol–water partition coefficient (Wildman–Crippen LogP) is 5.57. The molecule has 1 fully saturated rings. The molecule has 0 radical (unpaired) electrons. The number of nitrogen functional groups attached to an aromatic ring is 1. The normalized spacial score (nSPS) is 22.5. The summed E-state index contributed by atoms with van der Waals surface area (Å²) in [6.07, 6.45) is -1.68. The highest BCUT2D eigenvalue weighted by atomic mass is 31.3. The molecule has 3 aromatic carbocycles. The number of aromatic amines is 1. The van der Waals surface area contributed by atoms with Gasteiger partial charge in [-0.15, -0.1) is 0 Å². The largest absolute Gasteiger partial charge is 0.490 e. The van der Waals surface area contributed by atoms with Crippen LogP contribution in [0, 0.1) is 0 Å². The first kappa shape index (κ1) is 65.6. The number of ether oxygens (including phenoxy) is 2. The Balaban J connectivity index is 0.805. The van der Waals surface area contributed by atoms with Gasteiger partial charge in [-0.2, -0.15) is 13.6 Å². The molecule has 2 aromatic heterocycles. The molecule has 0 spiro atoms. The Morgan fingerprint density at radius 1 is 0.874 bits per heavy atom. The Bertz CT molecular complexity index is 3810. The number of benzene rings is 3. The van der Waals surface area contributed by atoms with Crippen molar-refractivity contribution in [3.05, 3.63) is 97.3 Å². The van der Waals surface area contributed by atoms with E-state index in [-0.39, 0.29) is 70.8 Å². The topological polar surface area (TPSA) is 376 Å². The maximum Gasteiger partial charge on any atom is 0.490 e. The lowest BCUT2D eigenvalue weighted by Gasteiger charge is -2.47. The van der Waals surface area contributed by atoms with Crippen LogP contribution in [0.4, 0.5) is 17.6 Å². The van der Waals surface area contributed by atoms with Gasteiger partial charge in [0.2, 0.25) is 23.2 Å². The van der Waals surface area contributed by atoms with Crippen LogP contribution in [0.15, 0.2) is 53.3 Å². The van der Waals surface area contributed by atoms with Crippen LogP contribution in [-0.4, -0.2) is 142 Å². The molecule has 0 aliphatic carbocycles. The lowest BCUT2D eigenvalue weighted by atomic mass is 9.77. The number of anilines is 3. The van der Waals surface area contributed by atoms with Crippen LogP contribution in [0.3, 0.4) is 0 Å². The third kappa shape index (κ3) is 14.1. The summed E-state index contributed by atoms with van der Waals surface area (Å²) < 4.78 is 63.6. The van der Waals surface area contributed by atoms with E-state index in [1.54, 1.807) is 11.9 Å². The van der Waals surface area contributed by atoms with Crippen molar-refractivity contribution in [2.45, 2.75) is 154 Å². The molecule has 87 heavy (non-hydrogen) atoms. The van der Waals surface area contributed by atoms with Gasteiger partial charge in [0.15, 0.2) is 22.9 Å². The summed E-state index contributed by atoms with van der Waals surface area (Å²) in [5.74, 6) is 1.42. The fraction of sp³-hybridized carbons (Fsp3) is 0.544. The first-order valence-electron chi connectivity index (χ1n) is 29.2. The van der Waals surface area contributed by atoms with E-state index in [4.69, 9.17) is 25.0 Å². The Kier molecular flexibility index (Phi) is 19.2. The van der Waals surface area contributed by atoms with Crippen LogP contribution in [0.5, 0.6) is 11.5 Å². The minimum absolute atomic E-state index is 0.0433. The quantitative estimate of drug-likeness (QED) is 0.0201. The highest BCUT2D eigenvalue weighted by Crippen LogP contribution is 2.66. The van der Waals surface area contributed by atoms with Crippen molar-refractivity contribution < 1.29 is 75.7 Å². The van der Waals surface area contributed by atoms with E-state index in [1.807, 2.05) is 24.3 Å². The third-order valence-electron chi connectivity index (χ3n) is 16.7. The zero-order valence-electron chi connectivity index (χ0n) is 50.3. The molecule has 2 amide bonds. The molecule has 0 bridgehead atoms. The highest BCUT2D eigenvalue weighted by Gasteiger charge is 2.48. The number of hydrogen-bond donors (Lipinski definition) is 10. The molecule has 1 saturated heterocycles. The number of unbranched alkanes of at least 4 members (excludes halogenated alkanes) is 3. The molecule has 4 unspecified atom stereocenters. The standard InChI is InChI=1S/C57H79N10O17P3/c1-10-65-40-27-42-38(25-36(40)32(3)29-56(65,5)6)46(39-26-37-33(4)30-57(7,8)66(11-2)41(37)28-43(39)81-42)34-19-14-15-20-35(34)52(72)64(9)24-18-21-45(68)59-22-16-12-13-17-23-60-55-61-47-50(62-54(58)63-51(47)71)67(55)53-49(70)48(69)44(82-53)31-80-86(76,77)84-87(78,79)83-85(73,74)75/h14-15,19-20,25-28,32-33,44,48-49,53,69-70H,10-13,16-18,21-24,29-31H2,1-9H3,(H8,58,59,63,68,71,72,73,74,75,76,77,78,79)/p+1/t32?,33?,44-,48-,49-,53-/m1/s1. The fourth-order valence-corrected chi connectivity index (χ4v) is 16.1. The van der Waals surface area contributed by atoms with E-state index in [2.05, 4.69) is 128 Å². The first-order valence-corrected chi connectivity index (χ1v) is 33.8. The number of aliphatic hydroxyl groups excluding tert-OH is 2. The molecule has 9 rings (SSSR count). The average molecular weight is 1270 g/mol. The van der Waals surface area contributed by atoms with Crippen molar-refractivity contribution in [2.24, 2.45) is 0 Å². The van der Waals surface area contributed by atoms with Gasteiger partial charge in [-0.05, 0) is 108 Å². The van der Waals surface area contributed by atoms with E-state index in [9.17, 15) is 48.1 Å². The lowest BCUT2D eigenvalue weighted by molar-refractivity contribution is -0.121. The molecule has 27 nitrogen and oxygen atoms in total. The molecule has 30 heteroatoms. The van der Waals surface area contributed by atoms with Crippen LogP contribution >= 0.6 is 23.5 Å². The number of nitrogens with zero attached hydrogens (tertiary/aromatic N) is 6. The van der Waals surface area contributed by atoms with E-state index in [1.165, 1.54) is 22.2 Å². The Hall–Kier alpha value is -5.89. The molecule has 474 valence electrons. The van der Waals surface area contributed by atoms with Crippen LogP contribution in [0.1, 0.15) is 157 Å². The summed E-state index contributed by atoms with van der Waals surface area (Å²) in [5.41, 5.74) is 11.5. The molecular formula is C57H80N10O17P3+. The number of rotatable bonds is 24. The number of phosphoric acid groups is 3. The van der Waals surface area contributed by atoms with Gasteiger partial charge in [-0.1, -0.05) is 44.9 Å². The monoisotopic (exact) mass is 1270 g/mol. The van der Waals surface area contributed by atoms with Gasteiger partial charge in [0.1, 0.15) is 36.4 Å². The zero-order valence-corrected chi connectivity index (χ0v) is 52.9. The van der Waals surface area contributed by atoms with Crippen molar-refractivity contribution in [1.29, 1.82) is 0 Å². The molecule has 4 aliphatic rings. The van der Waals surface area contributed by atoms with E-state index >= 15 is 0 Å². The number of amides is 2. The average Bonchev–Trinajstić information content (AvgIpc) is 1.23. The zero-order chi connectivity index (χ0) is 63.3. The number of phosphoric ester groups is 1. The van der Waals surface area contributed by atoms with Gasteiger partial charge in [-0.3, -0.25) is 28.5 Å². The molecule has 11 N–H and O–H groups in total. The Morgan fingerprint density at radius 2 is 1.57 bits per heavy atom. The van der Waals surface area contributed by atoms with Crippen LogP contribution < -0.4 is 46.7 Å². The predicted molar refractivity (Wildman–Crippen MR) is 324 cm³/mol. The SMILES string of the molecule is CCN1c2cc3c(cc2C(C)CC1(C)C)C(c1ccccc1C(=O)N(C)CCCC(=O)NCCCCCCNc1nc2c(=O)[nH]c(N)nc2n1[C@@H]1O[C@H](COP(=O)(O)OP(=O)(O)OP(=O)(O)O)[C@@H](O)[C@H]1O)=c1cc2c(cc1O3)=[N+](CC)C(C)(C)CC2C. The van der Waals surface area contributed by atoms with Gasteiger partial charge < -0.3 is 65.4 Å². The van der Waals surface area contributed by atoms with Gasteiger partial charge in [0.25, 0.3) is 11.5 Å². The Labute approximate surface area is 503 Å². The van der Waals surface area contributed by atoms with Gasteiger partial charge in [0, 0.05) is 90.8 Å². The molecular weight excluding hydrogens is 1190 g/mol. The second-order valence-corrected chi connectivity index (χ2v) is 28.5. The number of carbonyl (C=O) groups is 2. The molecule has 6 heterocycles. The summed E-state index contributed by atoms with van der Waals surface area (Å²) in [5, 5.41) is 30.1. The number of H-pyrrole nitrogens is 1. The number of aliphatic hydroxyl groups is 2. The smallest absolute Gasteiger partial charge is 0.456 e. The summed E-state index contributed by atoms with van der Waals surface area (Å²) >= 11 is 0. The van der Waals surface area contributed by atoms with Crippen molar-refractivity contribution in [3.63, 3.8) is 0 Å². The lowest BCUT2D eigenvalue weighted by Crippen LogP contribution is -2.52. The number of hydrogen-bond acceptors (Lipinski definition) is 18. The summed E-state index contributed by atoms with van der Waals surface area (Å²) in [7, 11) is -15.4. The van der Waals surface area contributed by atoms with Crippen LogP contribution in [-0.2, 0) is 36.4 Å². The van der Waals surface area contributed by atoms with Gasteiger partial charge in [-0.25, -0.2) is 23.3 Å². The van der Waals surface area contributed by atoms with E-state index < -0.39 is 60.2 Å². The number of imidazole rings is 1. The fourth-order valence-electron chi connectivity index (χ4n) is 13.0. The van der Waals surface area contributed by atoms with E-state index in [0.717, 1.165) is 63.9 Å². The Morgan fingerprint density at radius 3 is 2.28 bits per heavy atom. The second kappa shape index (κ2) is 25.5. The summed E-state index contributed by atoms with van der Waals surface area (Å²) in [6.45, 7) is 19.8. The van der Waals surface area contributed by atoms with Gasteiger partial charge >= 0.3 is 23.5 Å². The van der Waals surface area contributed by atoms with Crippen LogP contribution in [0.2, 0.25) is 0 Å². The molecule has 5 aromatic rings. The maximum absolute atomic E-state index is 14.7. The van der Waals surface area contributed by atoms with E-state index in [0.29, 0.717) is 50.8 Å². The number of nitrogens with one attached hydrogen (secondary N) is 3. The van der Waals surface area contributed by atoms with Crippen molar-refractivity contribution in [1.82, 2.24) is 34.3 Å². The van der Waals surface area contributed by atoms with Gasteiger partial charge in [0.05, 0.1) is 12.7 Å². The van der Waals surface area contributed by atoms with Crippen molar-refractivity contribution >= 4 is 69.6 Å². The summed E-state index contributed by atoms with van der Waals surface area (Å²) in [6, 6.07) is 16.8. The number of nitrogens with two attached hydrogens (primary N) is 1. The number of aromatic nitrogens is 4. The number of carbonyl (C=O) groups excluding carboxylic acids is 2. The number of fused-ring (bicyclic) bond motifs is 5. The van der Waals surface area contributed by atoms with Crippen molar-refractivity contribution in [3.8, 4) is 11.5 Å². The first-order chi connectivity index (χ1) is 40.8. The third-order valence-corrected chi connectivity index (χ3v) is 20.5.